The van der Waals surface area contributed by atoms with Crippen LogP contribution in [0.15, 0.2) is 29.2 Å². The standard InChI is InChI=1S/C17H24N2O5S/c1-12-6-4-7-13(2)19(12)16(20)11-24-17(21)14-8-5-9-15(10-14)25(22,23)18-3/h5,8-10,12-13,18H,4,6-7,11H2,1-3H3/t12-,13-/m0/s1. The summed E-state index contributed by atoms with van der Waals surface area (Å²) in [5, 5.41) is 0. The molecule has 0 unspecified atom stereocenters. The number of nitrogens with one attached hydrogen (secondary N) is 1. The summed E-state index contributed by atoms with van der Waals surface area (Å²) in [7, 11) is -2.36. The first-order chi connectivity index (χ1) is 11.8. The maximum atomic E-state index is 12.4. The van der Waals surface area contributed by atoms with Crippen LogP contribution in [0.2, 0.25) is 0 Å². The minimum absolute atomic E-state index is 0.0333. The molecule has 0 radical (unpaired) electrons. The van der Waals surface area contributed by atoms with Crippen molar-refractivity contribution in [1.82, 2.24) is 9.62 Å². The van der Waals surface area contributed by atoms with Crippen molar-refractivity contribution in [1.29, 1.82) is 0 Å². The number of ether oxygens (including phenoxy) is 1. The topological polar surface area (TPSA) is 92.8 Å². The molecule has 1 aliphatic heterocycles. The molecule has 138 valence electrons. The molecule has 1 N–H and O–H groups in total. The van der Waals surface area contributed by atoms with Crippen LogP contribution in [0.1, 0.15) is 43.5 Å². The molecule has 2 atom stereocenters. The lowest BCUT2D eigenvalue weighted by atomic mass is 9.97. The second kappa shape index (κ2) is 7.97. The molecule has 8 heteroatoms. The molecule has 25 heavy (non-hydrogen) atoms. The van der Waals surface area contributed by atoms with Gasteiger partial charge in [-0.15, -0.1) is 0 Å². The van der Waals surface area contributed by atoms with Gasteiger partial charge in [0, 0.05) is 12.1 Å². The van der Waals surface area contributed by atoms with Crippen molar-refractivity contribution in [3.05, 3.63) is 29.8 Å². The SMILES string of the molecule is CNS(=O)(=O)c1cccc(C(=O)OCC(=O)N2[C@@H](C)CCC[C@@H]2C)c1. The quantitative estimate of drug-likeness (QED) is 0.796. The van der Waals surface area contributed by atoms with Gasteiger partial charge in [0.15, 0.2) is 6.61 Å². The molecule has 0 spiro atoms. The van der Waals surface area contributed by atoms with E-state index in [-0.39, 0.29) is 35.1 Å². The second-order valence-electron chi connectivity index (χ2n) is 6.24. The Morgan fingerprint density at radius 3 is 2.48 bits per heavy atom. The summed E-state index contributed by atoms with van der Waals surface area (Å²) in [5.41, 5.74) is 0.0869. The molecule has 1 saturated heterocycles. The van der Waals surface area contributed by atoms with Crippen LogP contribution in [-0.4, -0.2) is 50.9 Å². The van der Waals surface area contributed by atoms with Gasteiger partial charge in [0.2, 0.25) is 10.0 Å². The van der Waals surface area contributed by atoms with Crippen molar-refractivity contribution in [2.45, 2.75) is 50.1 Å². The molecule has 1 heterocycles. The largest absolute Gasteiger partial charge is 0.452 e. The predicted octanol–water partition coefficient (Wildman–Crippen LogP) is 1.54. The van der Waals surface area contributed by atoms with Crippen molar-refractivity contribution >= 4 is 21.9 Å². The normalized spacial score (nSPS) is 21.0. The van der Waals surface area contributed by atoms with Crippen LogP contribution < -0.4 is 4.72 Å². The first-order valence-corrected chi connectivity index (χ1v) is 9.76. The van der Waals surface area contributed by atoms with Gasteiger partial charge in [-0.3, -0.25) is 4.79 Å². The number of sulfonamides is 1. The van der Waals surface area contributed by atoms with Crippen LogP contribution in [0.4, 0.5) is 0 Å². The highest BCUT2D eigenvalue weighted by Crippen LogP contribution is 2.22. The van der Waals surface area contributed by atoms with E-state index in [9.17, 15) is 18.0 Å². The van der Waals surface area contributed by atoms with E-state index in [0.717, 1.165) is 19.3 Å². The number of amides is 1. The summed E-state index contributed by atoms with van der Waals surface area (Å²) < 4.78 is 30.9. The number of likely N-dealkylation sites (tertiary alicyclic amines) is 1. The maximum absolute atomic E-state index is 12.4. The van der Waals surface area contributed by atoms with Crippen molar-refractivity contribution < 1.29 is 22.7 Å². The van der Waals surface area contributed by atoms with Gasteiger partial charge in [0.25, 0.3) is 5.91 Å². The summed E-state index contributed by atoms with van der Waals surface area (Å²) in [6, 6.07) is 5.76. The van der Waals surface area contributed by atoms with E-state index in [1.165, 1.54) is 31.3 Å². The van der Waals surface area contributed by atoms with Crippen molar-refractivity contribution in [3.63, 3.8) is 0 Å². The third kappa shape index (κ3) is 4.58. The molecule has 0 bridgehead atoms. The van der Waals surface area contributed by atoms with Gasteiger partial charge in [-0.05, 0) is 58.4 Å². The molecule has 0 saturated carbocycles. The number of carbonyl (C=O) groups excluding carboxylic acids is 2. The lowest BCUT2D eigenvalue weighted by molar-refractivity contribution is -0.140. The monoisotopic (exact) mass is 368 g/mol. The van der Waals surface area contributed by atoms with Gasteiger partial charge >= 0.3 is 5.97 Å². The average molecular weight is 368 g/mol. The Morgan fingerprint density at radius 1 is 1.24 bits per heavy atom. The number of esters is 1. The zero-order chi connectivity index (χ0) is 18.6. The van der Waals surface area contributed by atoms with E-state index in [1.54, 1.807) is 4.90 Å². The number of benzene rings is 1. The molecule has 0 aliphatic carbocycles. The van der Waals surface area contributed by atoms with Crippen molar-refractivity contribution in [3.8, 4) is 0 Å². The van der Waals surface area contributed by atoms with E-state index in [4.69, 9.17) is 4.74 Å². The van der Waals surface area contributed by atoms with Crippen LogP contribution in [0.5, 0.6) is 0 Å². The highest BCUT2D eigenvalue weighted by atomic mass is 32.2. The second-order valence-corrected chi connectivity index (χ2v) is 8.13. The molecular weight excluding hydrogens is 344 g/mol. The van der Waals surface area contributed by atoms with Gasteiger partial charge in [-0.2, -0.15) is 0 Å². The van der Waals surface area contributed by atoms with E-state index >= 15 is 0 Å². The number of carbonyl (C=O) groups is 2. The summed E-state index contributed by atoms with van der Waals surface area (Å²) in [6.07, 6.45) is 2.96. The lowest BCUT2D eigenvalue weighted by Gasteiger charge is -2.38. The Hall–Kier alpha value is -1.93. The Kier molecular flexibility index (Phi) is 6.18. The fourth-order valence-corrected chi connectivity index (χ4v) is 3.88. The van der Waals surface area contributed by atoms with Gasteiger partial charge < -0.3 is 9.64 Å². The Morgan fingerprint density at radius 2 is 1.88 bits per heavy atom. The summed E-state index contributed by atoms with van der Waals surface area (Å²) in [4.78, 5) is 26.3. The van der Waals surface area contributed by atoms with E-state index in [2.05, 4.69) is 4.72 Å². The maximum Gasteiger partial charge on any atom is 0.338 e. The van der Waals surface area contributed by atoms with Crippen LogP contribution >= 0.6 is 0 Å². The number of piperidine rings is 1. The molecule has 7 nitrogen and oxygen atoms in total. The van der Waals surface area contributed by atoms with Gasteiger partial charge in [-0.1, -0.05) is 6.07 Å². The summed E-state index contributed by atoms with van der Waals surface area (Å²) in [6.45, 7) is 3.62. The zero-order valence-electron chi connectivity index (χ0n) is 14.7. The average Bonchev–Trinajstić information content (AvgIpc) is 2.59. The molecule has 1 aromatic carbocycles. The van der Waals surface area contributed by atoms with Crippen LogP contribution in [0.3, 0.4) is 0 Å². The van der Waals surface area contributed by atoms with Crippen molar-refractivity contribution in [2.24, 2.45) is 0 Å². The first-order valence-electron chi connectivity index (χ1n) is 8.28. The number of hydrogen-bond acceptors (Lipinski definition) is 5. The van der Waals surface area contributed by atoms with Gasteiger partial charge in [-0.25, -0.2) is 17.9 Å². The highest BCUT2D eigenvalue weighted by Gasteiger charge is 2.29. The fourth-order valence-electron chi connectivity index (χ4n) is 3.11. The lowest BCUT2D eigenvalue weighted by Crippen LogP contribution is -2.49. The highest BCUT2D eigenvalue weighted by molar-refractivity contribution is 7.89. The summed E-state index contributed by atoms with van der Waals surface area (Å²) in [5.74, 6) is -0.953. The minimum Gasteiger partial charge on any atom is -0.452 e. The molecule has 1 amide bonds. The number of hydrogen-bond donors (Lipinski definition) is 1. The van der Waals surface area contributed by atoms with Crippen LogP contribution in [0, 0.1) is 0 Å². The Balaban J connectivity index is 2.03. The fraction of sp³-hybridized carbons (Fsp3) is 0.529. The molecule has 2 rings (SSSR count). The molecule has 1 aromatic rings. The molecule has 0 aromatic heterocycles. The number of nitrogens with zero attached hydrogens (tertiary/aromatic N) is 1. The Bertz CT molecular complexity index is 737. The van der Waals surface area contributed by atoms with Gasteiger partial charge in [0.1, 0.15) is 0 Å². The van der Waals surface area contributed by atoms with Crippen molar-refractivity contribution in [2.75, 3.05) is 13.7 Å². The minimum atomic E-state index is -3.65. The summed E-state index contributed by atoms with van der Waals surface area (Å²) >= 11 is 0. The zero-order valence-corrected chi connectivity index (χ0v) is 15.5. The third-order valence-electron chi connectivity index (χ3n) is 4.46. The molecular formula is C17H24N2O5S. The van der Waals surface area contributed by atoms with Crippen LogP contribution in [0.25, 0.3) is 0 Å². The first kappa shape index (κ1) is 19.4. The van der Waals surface area contributed by atoms with Crippen LogP contribution in [-0.2, 0) is 19.6 Å². The Labute approximate surface area is 148 Å². The third-order valence-corrected chi connectivity index (χ3v) is 5.87. The predicted molar refractivity (Wildman–Crippen MR) is 92.6 cm³/mol. The van der Waals surface area contributed by atoms with E-state index in [1.807, 2.05) is 13.8 Å². The van der Waals surface area contributed by atoms with E-state index in [0.29, 0.717) is 0 Å². The van der Waals surface area contributed by atoms with Gasteiger partial charge in [0.05, 0.1) is 10.5 Å². The van der Waals surface area contributed by atoms with E-state index < -0.39 is 16.0 Å². The smallest absolute Gasteiger partial charge is 0.338 e. The number of rotatable bonds is 5. The molecule has 1 fully saturated rings. The molecule has 1 aliphatic rings.